The van der Waals surface area contributed by atoms with Gasteiger partial charge in [0, 0.05) is 30.3 Å². The third-order valence-electron chi connectivity index (χ3n) is 7.86. The van der Waals surface area contributed by atoms with Crippen LogP contribution in [0.1, 0.15) is 86.7 Å². The summed E-state index contributed by atoms with van der Waals surface area (Å²) < 4.78 is 0. The van der Waals surface area contributed by atoms with Crippen LogP contribution in [0.25, 0.3) is 0 Å². The van der Waals surface area contributed by atoms with E-state index in [1.807, 2.05) is 47.4 Å². The van der Waals surface area contributed by atoms with Crippen LogP contribution in [0.2, 0.25) is 0 Å². The number of carboxylic acids is 1. The molecule has 1 aliphatic heterocycles. The van der Waals surface area contributed by atoms with Crippen molar-refractivity contribution in [3.05, 3.63) is 65.2 Å². The molecule has 2 aliphatic rings. The molecule has 2 fully saturated rings. The first kappa shape index (κ1) is 25.9. The quantitative estimate of drug-likeness (QED) is 0.552. The molecule has 6 nitrogen and oxygen atoms in total. The Morgan fingerprint density at radius 1 is 0.861 bits per heavy atom. The first-order valence-corrected chi connectivity index (χ1v) is 13.2. The van der Waals surface area contributed by atoms with Crippen LogP contribution in [0.5, 0.6) is 0 Å². The summed E-state index contributed by atoms with van der Waals surface area (Å²) in [6, 6.07) is 15.8. The van der Waals surface area contributed by atoms with Crippen molar-refractivity contribution in [3.63, 3.8) is 0 Å². The number of hydrogen-bond acceptors (Lipinski definition) is 3. The SMILES string of the molecule is CC(C)(C)c1cccc(NC(=O)c2ccc(C3CCN(C(=O)[C@H]4CC[C@H](C(=O)O)CC4)CC3)cc2)c1. The van der Waals surface area contributed by atoms with Crippen LogP contribution in [0.15, 0.2) is 48.5 Å². The average molecular weight is 491 g/mol. The lowest BCUT2D eigenvalue weighted by Gasteiger charge is -2.36. The molecule has 2 aromatic rings. The fourth-order valence-corrected chi connectivity index (χ4v) is 5.45. The minimum atomic E-state index is -0.736. The third kappa shape index (κ3) is 6.15. The molecule has 2 N–H and O–H groups in total. The molecule has 0 bridgehead atoms. The van der Waals surface area contributed by atoms with Crippen LogP contribution in [-0.2, 0) is 15.0 Å². The van der Waals surface area contributed by atoms with Crippen molar-refractivity contribution >= 4 is 23.5 Å². The van der Waals surface area contributed by atoms with Gasteiger partial charge in [0.2, 0.25) is 5.91 Å². The molecule has 1 heterocycles. The minimum Gasteiger partial charge on any atom is -0.481 e. The number of nitrogens with zero attached hydrogens (tertiary/aromatic N) is 1. The number of likely N-dealkylation sites (tertiary alicyclic amines) is 1. The van der Waals surface area contributed by atoms with E-state index in [0.717, 1.165) is 31.6 Å². The van der Waals surface area contributed by atoms with Crippen LogP contribution < -0.4 is 5.32 Å². The number of aliphatic carboxylic acids is 1. The van der Waals surface area contributed by atoms with Gasteiger partial charge in [-0.25, -0.2) is 0 Å². The first-order chi connectivity index (χ1) is 17.1. The van der Waals surface area contributed by atoms with Crippen LogP contribution in [-0.4, -0.2) is 40.9 Å². The lowest BCUT2D eigenvalue weighted by atomic mass is 9.81. The standard InChI is InChI=1S/C30H38N2O4/c1-30(2,3)25-5-4-6-26(19-25)31-27(33)22-9-7-20(8-10-22)21-15-17-32(18-16-21)28(34)23-11-13-24(14-12-23)29(35)36/h4-10,19,21,23-24H,11-18H2,1-3H3,(H,31,33)(H,35,36)/t23-,24-. The monoisotopic (exact) mass is 490 g/mol. The number of nitrogens with one attached hydrogen (secondary N) is 1. The number of hydrogen-bond donors (Lipinski definition) is 2. The van der Waals surface area contributed by atoms with Crippen LogP contribution in [0.4, 0.5) is 5.69 Å². The van der Waals surface area contributed by atoms with E-state index in [2.05, 4.69) is 32.2 Å². The molecule has 2 amide bonds. The number of carbonyl (C=O) groups excluding carboxylic acids is 2. The lowest BCUT2D eigenvalue weighted by molar-refractivity contribution is -0.146. The topological polar surface area (TPSA) is 86.7 Å². The molecule has 1 saturated carbocycles. The van der Waals surface area contributed by atoms with Gasteiger partial charge >= 0.3 is 5.97 Å². The van der Waals surface area contributed by atoms with E-state index < -0.39 is 5.97 Å². The molecule has 36 heavy (non-hydrogen) atoms. The second-order valence-electron chi connectivity index (χ2n) is 11.4. The second kappa shape index (κ2) is 10.9. The third-order valence-corrected chi connectivity index (χ3v) is 7.86. The number of rotatable bonds is 5. The molecule has 0 unspecified atom stereocenters. The van der Waals surface area contributed by atoms with Crippen molar-refractivity contribution in [1.82, 2.24) is 4.90 Å². The fourth-order valence-electron chi connectivity index (χ4n) is 5.45. The van der Waals surface area contributed by atoms with Gasteiger partial charge in [-0.2, -0.15) is 0 Å². The molecule has 2 aromatic carbocycles. The van der Waals surface area contributed by atoms with Crippen LogP contribution >= 0.6 is 0 Å². The van der Waals surface area contributed by atoms with Crippen molar-refractivity contribution in [2.45, 2.75) is 70.6 Å². The van der Waals surface area contributed by atoms with Gasteiger partial charge < -0.3 is 15.3 Å². The Morgan fingerprint density at radius 3 is 2.06 bits per heavy atom. The molecule has 1 aliphatic carbocycles. The summed E-state index contributed by atoms with van der Waals surface area (Å²) in [6.45, 7) is 7.92. The molecule has 0 radical (unpaired) electrons. The number of benzene rings is 2. The predicted octanol–water partition coefficient (Wildman–Crippen LogP) is 5.83. The molecule has 0 aromatic heterocycles. The van der Waals surface area contributed by atoms with Crippen LogP contribution in [0, 0.1) is 11.8 Å². The first-order valence-electron chi connectivity index (χ1n) is 13.2. The maximum absolute atomic E-state index is 13.0. The largest absolute Gasteiger partial charge is 0.481 e. The van der Waals surface area contributed by atoms with E-state index in [9.17, 15) is 19.5 Å². The highest BCUT2D eigenvalue weighted by Gasteiger charge is 2.33. The summed E-state index contributed by atoms with van der Waals surface area (Å²) >= 11 is 0. The Bertz CT molecular complexity index is 1090. The highest BCUT2D eigenvalue weighted by Crippen LogP contribution is 2.33. The Hall–Kier alpha value is -3.15. The summed E-state index contributed by atoms with van der Waals surface area (Å²) in [4.78, 5) is 38.9. The molecule has 6 heteroatoms. The number of piperidine rings is 1. The zero-order chi connectivity index (χ0) is 25.9. The Labute approximate surface area is 214 Å². The fraction of sp³-hybridized carbons (Fsp3) is 0.500. The lowest BCUT2D eigenvalue weighted by Crippen LogP contribution is -2.42. The van der Waals surface area contributed by atoms with E-state index in [1.54, 1.807) is 0 Å². The molecule has 192 valence electrons. The molecule has 0 spiro atoms. The van der Waals surface area contributed by atoms with Gasteiger partial charge in [-0.05, 0) is 85.3 Å². The highest BCUT2D eigenvalue weighted by molar-refractivity contribution is 6.04. The van der Waals surface area contributed by atoms with Gasteiger partial charge in [0.25, 0.3) is 5.91 Å². The second-order valence-corrected chi connectivity index (χ2v) is 11.4. The molecule has 1 saturated heterocycles. The number of amides is 2. The summed E-state index contributed by atoms with van der Waals surface area (Å²) in [7, 11) is 0. The number of carboxylic acid groups (broad SMARTS) is 1. The van der Waals surface area contributed by atoms with Crippen LogP contribution in [0.3, 0.4) is 0 Å². The van der Waals surface area contributed by atoms with Gasteiger partial charge in [-0.15, -0.1) is 0 Å². The molecule has 0 atom stereocenters. The molecular formula is C30H38N2O4. The van der Waals surface area contributed by atoms with Gasteiger partial charge in [0.05, 0.1) is 5.92 Å². The van der Waals surface area contributed by atoms with Crippen molar-refractivity contribution in [1.29, 1.82) is 0 Å². The summed E-state index contributed by atoms with van der Waals surface area (Å²) in [6.07, 6.45) is 4.37. The van der Waals surface area contributed by atoms with E-state index >= 15 is 0 Å². The summed E-state index contributed by atoms with van der Waals surface area (Å²) in [5.41, 5.74) is 3.82. The van der Waals surface area contributed by atoms with Crippen molar-refractivity contribution in [2.24, 2.45) is 11.8 Å². The Morgan fingerprint density at radius 2 is 1.47 bits per heavy atom. The number of carbonyl (C=O) groups is 3. The summed E-state index contributed by atoms with van der Waals surface area (Å²) in [5.74, 6) is -0.611. The van der Waals surface area contributed by atoms with Crippen molar-refractivity contribution < 1.29 is 19.5 Å². The zero-order valence-electron chi connectivity index (χ0n) is 21.6. The number of anilines is 1. The molecular weight excluding hydrogens is 452 g/mol. The highest BCUT2D eigenvalue weighted by atomic mass is 16.4. The maximum Gasteiger partial charge on any atom is 0.306 e. The van der Waals surface area contributed by atoms with E-state index in [4.69, 9.17) is 0 Å². The predicted molar refractivity (Wildman–Crippen MR) is 141 cm³/mol. The van der Waals surface area contributed by atoms with E-state index in [0.29, 0.717) is 37.2 Å². The molecule has 4 rings (SSSR count). The van der Waals surface area contributed by atoms with E-state index in [1.165, 1.54) is 11.1 Å². The van der Waals surface area contributed by atoms with Gasteiger partial charge in [-0.1, -0.05) is 45.0 Å². The average Bonchev–Trinajstić information content (AvgIpc) is 2.88. The van der Waals surface area contributed by atoms with Crippen molar-refractivity contribution in [2.75, 3.05) is 18.4 Å². The van der Waals surface area contributed by atoms with Gasteiger partial charge in [0.15, 0.2) is 0 Å². The summed E-state index contributed by atoms with van der Waals surface area (Å²) in [5, 5.41) is 12.2. The Kier molecular flexibility index (Phi) is 7.82. The van der Waals surface area contributed by atoms with E-state index in [-0.39, 0.29) is 29.1 Å². The smallest absolute Gasteiger partial charge is 0.306 e. The normalized spacial score (nSPS) is 21.1. The van der Waals surface area contributed by atoms with Gasteiger partial charge in [0.1, 0.15) is 0 Å². The zero-order valence-corrected chi connectivity index (χ0v) is 21.6. The maximum atomic E-state index is 13.0. The van der Waals surface area contributed by atoms with Crippen molar-refractivity contribution in [3.8, 4) is 0 Å². The Balaban J connectivity index is 1.29. The van der Waals surface area contributed by atoms with Gasteiger partial charge in [-0.3, -0.25) is 14.4 Å². The minimum absolute atomic E-state index is 0.0163.